The normalized spacial score (nSPS) is 20.1. The van der Waals surface area contributed by atoms with Crippen molar-refractivity contribution in [3.8, 4) is 5.75 Å². The molecule has 142 valence electrons. The number of nitrogens with zero attached hydrogens (tertiary/aromatic N) is 2. The lowest BCUT2D eigenvalue weighted by atomic mass is 9.97. The van der Waals surface area contributed by atoms with Crippen molar-refractivity contribution in [2.75, 3.05) is 25.1 Å². The molecule has 0 radical (unpaired) electrons. The lowest BCUT2D eigenvalue weighted by molar-refractivity contribution is 0.352. The van der Waals surface area contributed by atoms with Gasteiger partial charge >= 0.3 is 0 Å². The molecule has 3 aromatic rings. The minimum absolute atomic E-state index is 0.424. The quantitative estimate of drug-likeness (QED) is 0.682. The van der Waals surface area contributed by atoms with Crippen molar-refractivity contribution in [3.05, 3.63) is 53.5 Å². The summed E-state index contributed by atoms with van der Waals surface area (Å²) >= 11 is 1.85. The molecule has 0 aliphatic carbocycles. The second kappa shape index (κ2) is 8.28. The Bertz CT molecular complexity index is 894. The van der Waals surface area contributed by atoms with Crippen molar-refractivity contribution in [3.63, 3.8) is 0 Å². The van der Waals surface area contributed by atoms with Crippen molar-refractivity contribution in [1.29, 1.82) is 0 Å². The lowest BCUT2D eigenvalue weighted by Gasteiger charge is -2.42. The fourth-order valence-electron chi connectivity index (χ4n) is 4.14. The van der Waals surface area contributed by atoms with E-state index in [-0.39, 0.29) is 0 Å². The van der Waals surface area contributed by atoms with Crippen molar-refractivity contribution < 1.29 is 4.74 Å². The van der Waals surface area contributed by atoms with E-state index < -0.39 is 0 Å². The maximum absolute atomic E-state index is 5.57. The topological polar surface area (TPSA) is 37.4 Å². The predicted molar refractivity (Wildman–Crippen MR) is 114 cm³/mol. The Labute approximate surface area is 165 Å². The van der Waals surface area contributed by atoms with Crippen LogP contribution in [0.2, 0.25) is 0 Å². The van der Waals surface area contributed by atoms with Gasteiger partial charge in [0.25, 0.3) is 0 Å². The molecule has 1 aliphatic rings. The van der Waals surface area contributed by atoms with Gasteiger partial charge in [-0.05, 0) is 60.7 Å². The summed E-state index contributed by atoms with van der Waals surface area (Å²) < 4.78 is 6.96. The van der Waals surface area contributed by atoms with E-state index >= 15 is 0 Å². The van der Waals surface area contributed by atoms with E-state index in [9.17, 15) is 0 Å². The Morgan fingerprint density at radius 2 is 2.15 bits per heavy atom. The average Bonchev–Trinajstić information content (AvgIpc) is 3.12. The summed E-state index contributed by atoms with van der Waals surface area (Å²) in [4.78, 5) is 7.07. The van der Waals surface area contributed by atoms with Crippen molar-refractivity contribution in [2.24, 2.45) is 0 Å². The molecule has 5 heteroatoms. The van der Waals surface area contributed by atoms with Crippen LogP contribution in [0.5, 0.6) is 5.75 Å². The third-order valence-corrected chi connectivity index (χ3v) is 6.56. The number of thiophene rings is 1. The summed E-state index contributed by atoms with van der Waals surface area (Å²) in [6.45, 7) is 4.22. The van der Waals surface area contributed by atoms with E-state index in [1.165, 1.54) is 22.1 Å². The summed E-state index contributed by atoms with van der Waals surface area (Å²) in [6.07, 6.45) is 5.29. The molecular weight excluding hydrogens is 354 g/mol. The zero-order valence-electron chi connectivity index (χ0n) is 16.0. The first-order valence-electron chi connectivity index (χ1n) is 9.72. The molecule has 2 atom stereocenters. The molecule has 4 rings (SSSR count). The number of benzene rings is 1. The van der Waals surface area contributed by atoms with Crippen LogP contribution in [0.25, 0.3) is 10.1 Å². The van der Waals surface area contributed by atoms with Crippen LogP contribution in [0, 0.1) is 0 Å². The number of piperazine rings is 1. The molecule has 2 aromatic heterocycles. The van der Waals surface area contributed by atoms with E-state index in [2.05, 4.69) is 51.8 Å². The first-order valence-corrected chi connectivity index (χ1v) is 10.6. The Morgan fingerprint density at radius 3 is 3.04 bits per heavy atom. The largest absolute Gasteiger partial charge is 0.493 e. The van der Waals surface area contributed by atoms with Crippen molar-refractivity contribution in [2.45, 2.75) is 38.3 Å². The molecular formula is C22H27N3OS. The number of hydrogen-bond donors (Lipinski definition) is 1. The SMILES string of the molecule is COc1cccnc1N1CCNC(C)C1CCCc1csc2ccccc12. The minimum atomic E-state index is 0.424. The van der Waals surface area contributed by atoms with Crippen molar-refractivity contribution >= 4 is 27.2 Å². The van der Waals surface area contributed by atoms with Gasteiger partial charge in [-0.3, -0.25) is 0 Å². The molecule has 1 aliphatic heterocycles. The maximum atomic E-state index is 5.57. The van der Waals surface area contributed by atoms with E-state index in [1.54, 1.807) is 7.11 Å². The molecule has 1 fully saturated rings. The van der Waals surface area contributed by atoms with E-state index in [4.69, 9.17) is 4.74 Å². The number of pyridine rings is 1. The molecule has 2 unspecified atom stereocenters. The average molecular weight is 382 g/mol. The van der Waals surface area contributed by atoms with Crippen LogP contribution in [0.3, 0.4) is 0 Å². The van der Waals surface area contributed by atoms with Gasteiger partial charge in [-0.2, -0.15) is 0 Å². The second-order valence-corrected chi connectivity index (χ2v) is 8.09. The van der Waals surface area contributed by atoms with Gasteiger partial charge in [0.15, 0.2) is 11.6 Å². The van der Waals surface area contributed by atoms with Crippen LogP contribution in [0.4, 0.5) is 5.82 Å². The summed E-state index contributed by atoms with van der Waals surface area (Å²) in [5.41, 5.74) is 1.48. The number of aryl methyl sites for hydroxylation is 1. The summed E-state index contributed by atoms with van der Waals surface area (Å²) in [6, 6.07) is 13.5. The van der Waals surface area contributed by atoms with E-state index in [0.717, 1.165) is 37.5 Å². The molecule has 4 nitrogen and oxygen atoms in total. The zero-order chi connectivity index (χ0) is 18.6. The van der Waals surface area contributed by atoms with E-state index in [1.807, 2.05) is 29.7 Å². The Morgan fingerprint density at radius 1 is 1.26 bits per heavy atom. The van der Waals surface area contributed by atoms with Gasteiger partial charge in [0.05, 0.1) is 7.11 Å². The molecule has 0 bridgehead atoms. The van der Waals surface area contributed by atoms with Gasteiger partial charge in [-0.15, -0.1) is 11.3 Å². The third kappa shape index (κ3) is 3.80. The maximum Gasteiger partial charge on any atom is 0.171 e. The van der Waals surface area contributed by atoms with Crippen LogP contribution >= 0.6 is 11.3 Å². The van der Waals surface area contributed by atoms with Gasteiger partial charge in [0.1, 0.15) is 0 Å². The smallest absolute Gasteiger partial charge is 0.171 e. The highest BCUT2D eigenvalue weighted by atomic mass is 32.1. The Hall–Kier alpha value is -2.11. The lowest BCUT2D eigenvalue weighted by Crippen LogP contribution is -2.57. The van der Waals surface area contributed by atoms with E-state index in [0.29, 0.717) is 12.1 Å². The van der Waals surface area contributed by atoms with Crippen LogP contribution in [-0.4, -0.2) is 37.3 Å². The molecule has 0 amide bonds. The first kappa shape index (κ1) is 18.3. The number of rotatable bonds is 6. The molecule has 0 spiro atoms. The molecule has 3 heterocycles. The fraction of sp³-hybridized carbons (Fsp3) is 0.409. The predicted octanol–water partition coefficient (Wildman–Crippen LogP) is 4.49. The summed E-state index contributed by atoms with van der Waals surface area (Å²) in [5.74, 6) is 1.83. The molecule has 1 saturated heterocycles. The molecule has 1 N–H and O–H groups in total. The highest BCUT2D eigenvalue weighted by Gasteiger charge is 2.30. The van der Waals surface area contributed by atoms with Crippen LogP contribution in [-0.2, 0) is 6.42 Å². The molecule has 1 aromatic carbocycles. The zero-order valence-corrected chi connectivity index (χ0v) is 16.8. The molecule has 27 heavy (non-hydrogen) atoms. The number of nitrogens with one attached hydrogen (secondary N) is 1. The third-order valence-electron chi connectivity index (χ3n) is 5.55. The number of aromatic nitrogens is 1. The molecule has 0 saturated carbocycles. The number of methoxy groups -OCH3 is 1. The summed E-state index contributed by atoms with van der Waals surface area (Å²) in [7, 11) is 1.73. The monoisotopic (exact) mass is 381 g/mol. The van der Waals surface area contributed by atoms with Gasteiger partial charge in [0.2, 0.25) is 0 Å². The number of ether oxygens (including phenoxy) is 1. The first-order chi connectivity index (χ1) is 13.3. The standard InChI is InChI=1S/C22H27N3OS/c1-16-19(9-5-7-17-15-27-21-11-4-3-8-18(17)21)25(14-13-23-16)22-20(26-2)10-6-12-24-22/h3-4,6,8,10-12,15-16,19,23H,5,7,9,13-14H2,1-2H3. The van der Waals surface area contributed by atoms with Crippen LogP contribution in [0.15, 0.2) is 48.0 Å². The highest BCUT2D eigenvalue weighted by molar-refractivity contribution is 7.17. The van der Waals surface area contributed by atoms with Gasteiger partial charge in [-0.25, -0.2) is 4.98 Å². The second-order valence-electron chi connectivity index (χ2n) is 7.18. The van der Waals surface area contributed by atoms with Gasteiger partial charge in [0, 0.05) is 36.1 Å². The van der Waals surface area contributed by atoms with Gasteiger partial charge < -0.3 is 15.0 Å². The van der Waals surface area contributed by atoms with Crippen molar-refractivity contribution in [1.82, 2.24) is 10.3 Å². The minimum Gasteiger partial charge on any atom is -0.493 e. The number of hydrogen-bond acceptors (Lipinski definition) is 5. The van der Waals surface area contributed by atoms with Crippen LogP contribution < -0.4 is 15.0 Å². The highest BCUT2D eigenvalue weighted by Crippen LogP contribution is 2.31. The number of anilines is 1. The number of fused-ring (bicyclic) bond motifs is 1. The fourth-order valence-corrected chi connectivity index (χ4v) is 5.14. The summed E-state index contributed by atoms with van der Waals surface area (Å²) in [5, 5.41) is 7.38. The Balaban J connectivity index is 1.48. The van der Waals surface area contributed by atoms with Gasteiger partial charge in [-0.1, -0.05) is 18.2 Å². The van der Waals surface area contributed by atoms with Crippen LogP contribution in [0.1, 0.15) is 25.3 Å². The Kier molecular flexibility index (Phi) is 5.60.